The second kappa shape index (κ2) is 8.30. The van der Waals surface area contributed by atoms with Gasteiger partial charge in [-0.1, -0.05) is 47.5 Å². The molecule has 0 aromatic heterocycles. The smallest absolute Gasteiger partial charge is 0.282 e. The summed E-state index contributed by atoms with van der Waals surface area (Å²) in [4.78, 5) is 28.4. The minimum Gasteiger partial charge on any atom is -0.486 e. The van der Waals surface area contributed by atoms with Gasteiger partial charge in [-0.2, -0.15) is 0 Å². The number of carbonyl (C=O) groups is 2. The van der Waals surface area contributed by atoms with Crippen molar-refractivity contribution >= 4 is 40.4 Å². The number of rotatable bonds is 4. The van der Waals surface area contributed by atoms with E-state index in [4.69, 9.17) is 21.1 Å². The molecule has 3 aromatic rings. The molecule has 2 amide bonds. The minimum absolute atomic E-state index is 0.194. The van der Waals surface area contributed by atoms with Crippen LogP contribution in [0.2, 0.25) is 5.02 Å². The van der Waals surface area contributed by atoms with Crippen LogP contribution in [0.25, 0.3) is 5.57 Å². The molecule has 0 radical (unpaired) electrons. The SMILES string of the molecule is Cc1ccc(C2=C(Nc3ccc4c(c3)OCCO4)C(=O)N(c3cc(Cl)ccc3C)C2=O)cc1. The maximum absolute atomic E-state index is 13.6. The lowest BCUT2D eigenvalue weighted by atomic mass is 10.0. The Balaban J connectivity index is 1.60. The zero-order valence-corrected chi connectivity index (χ0v) is 18.9. The minimum atomic E-state index is -0.448. The average Bonchev–Trinajstić information content (AvgIpc) is 3.05. The van der Waals surface area contributed by atoms with Gasteiger partial charge in [0.25, 0.3) is 11.8 Å². The summed E-state index contributed by atoms with van der Waals surface area (Å²) in [6.07, 6.45) is 0. The molecule has 33 heavy (non-hydrogen) atoms. The standard InChI is InChI=1S/C26H21ClN2O4/c1-15-3-6-17(7-4-15)23-24(28-19-9-10-21-22(14-19)33-12-11-32-21)26(31)29(25(23)30)20-13-18(27)8-5-16(20)2/h3-10,13-14,28H,11-12H2,1-2H3. The average molecular weight is 461 g/mol. The Morgan fingerprint density at radius 2 is 1.58 bits per heavy atom. The highest BCUT2D eigenvalue weighted by molar-refractivity contribution is 6.46. The van der Waals surface area contributed by atoms with Crippen molar-refractivity contribution in [2.45, 2.75) is 13.8 Å². The first-order valence-electron chi connectivity index (χ1n) is 10.6. The van der Waals surface area contributed by atoms with Gasteiger partial charge in [0.1, 0.15) is 18.9 Å². The molecule has 0 bridgehead atoms. The van der Waals surface area contributed by atoms with Gasteiger partial charge in [0.05, 0.1) is 11.3 Å². The van der Waals surface area contributed by atoms with Gasteiger partial charge in [0.15, 0.2) is 11.5 Å². The lowest BCUT2D eigenvalue weighted by Gasteiger charge is -2.20. The van der Waals surface area contributed by atoms with Gasteiger partial charge < -0.3 is 14.8 Å². The summed E-state index contributed by atoms with van der Waals surface area (Å²) >= 11 is 6.19. The number of halogens is 1. The second-order valence-electron chi connectivity index (χ2n) is 7.98. The van der Waals surface area contributed by atoms with Gasteiger partial charge in [-0.3, -0.25) is 9.59 Å². The van der Waals surface area contributed by atoms with Crippen LogP contribution >= 0.6 is 11.6 Å². The quantitative estimate of drug-likeness (QED) is 0.547. The molecule has 0 unspecified atom stereocenters. The van der Waals surface area contributed by atoms with Crippen molar-refractivity contribution in [2.75, 3.05) is 23.4 Å². The Morgan fingerprint density at radius 1 is 0.848 bits per heavy atom. The molecule has 2 heterocycles. The van der Waals surface area contributed by atoms with E-state index in [1.165, 1.54) is 4.90 Å². The molecule has 6 nitrogen and oxygen atoms in total. The van der Waals surface area contributed by atoms with Gasteiger partial charge in [0.2, 0.25) is 0 Å². The number of ether oxygens (including phenoxy) is 2. The zero-order chi connectivity index (χ0) is 23.1. The van der Waals surface area contributed by atoms with Crippen LogP contribution in [0.3, 0.4) is 0 Å². The second-order valence-corrected chi connectivity index (χ2v) is 8.41. The van der Waals surface area contributed by atoms with Gasteiger partial charge >= 0.3 is 0 Å². The molecule has 1 N–H and O–H groups in total. The zero-order valence-electron chi connectivity index (χ0n) is 18.1. The normalized spacial score (nSPS) is 15.3. The third-order valence-electron chi connectivity index (χ3n) is 5.65. The Bertz CT molecular complexity index is 1310. The lowest BCUT2D eigenvalue weighted by molar-refractivity contribution is -0.120. The summed E-state index contributed by atoms with van der Waals surface area (Å²) in [5.74, 6) is 0.373. The monoisotopic (exact) mass is 460 g/mol. The molecule has 5 rings (SSSR count). The van der Waals surface area contributed by atoms with Crippen molar-refractivity contribution in [2.24, 2.45) is 0 Å². The molecule has 2 aliphatic heterocycles. The molecule has 0 fully saturated rings. The summed E-state index contributed by atoms with van der Waals surface area (Å²) in [7, 11) is 0. The molecule has 0 spiro atoms. The number of carbonyl (C=O) groups excluding carboxylic acids is 2. The highest BCUT2D eigenvalue weighted by Crippen LogP contribution is 2.38. The van der Waals surface area contributed by atoms with Crippen molar-refractivity contribution in [3.63, 3.8) is 0 Å². The van der Waals surface area contributed by atoms with Crippen molar-refractivity contribution in [3.8, 4) is 11.5 Å². The van der Waals surface area contributed by atoms with E-state index in [1.807, 2.05) is 38.1 Å². The van der Waals surface area contributed by atoms with Crippen LogP contribution in [0, 0.1) is 13.8 Å². The Hall–Kier alpha value is -3.77. The fourth-order valence-electron chi connectivity index (χ4n) is 3.94. The van der Waals surface area contributed by atoms with Crippen molar-refractivity contribution in [1.29, 1.82) is 0 Å². The first-order chi connectivity index (χ1) is 15.9. The topological polar surface area (TPSA) is 67.9 Å². The first kappa shape index (κ1) is 21.1. The summed E-state index contributed by atoms with van der Waals surface area (Å²) < 4.78 is 11.2. The largest absolute Gasteiger partial charge is 0.486 e. The third kappa shape index (κ3) is 3.83. The number of anilines is 2. The molecule has 3 aromatic carbocycles. The van der Waals surface area contributed by atoms with Crippen LogP contribution in [0.1, 0.15) is 16.7 Å². The van der Waals surface area contributed by atoms with E-state index in [-0.39, 0.29) is 5.70 Å². The maximum atomic E-state index is 13.6. The Morgan fingerprint density at radius 3 is 2.33 bits per heavy atom. The number of nitrogens with one attached hydrogen (secondary N) is 1. The Labute approximate surface area is 196 Å². The summed E-state index contributed by atoms with van der Waals surface area (Å²) in [5.41, 5.74) is 4.05. The van der Waals surface area contributed by atoms with Gasteiger partial charge in [0, 0.05) is 16.8 Å². The lowest BCUT2D eigenvalue weighted by Crippen LogP contribution is -2.33. The first-order valence-corrected chi connectivity index (χ1v) is 10.9. The van der Waals surface area contributed by atoms with Crippen LogP contribution in [-0.2, 0) is 9.59 Å². The molecule has 166 valence electrons. The molecule has 0 aliphatic carbocycles. The van der Waals surface area contributed by atoms with Crippen LogP contribution in [0.15, 0.2) is 66.4 Å². The molecule has 7 heteroatoms. The van der Waals surface area contributed by atoms with E-state index in [0.29, 0.717) is 52.2 Å². The number of benzene rings is 3. The molecule has 0 saturated heterocycles. The van der Waals surface area contributed by atoms with E-state index >= 15 is 0 Å². The number of imide groups is 1. The fourth-order valence-corrected chi connectivity index (χ4v) is 4.11. The predicted octanol–water partition coefficient (Wildman–Crippen LogP) is 5.12. The number of aryl methyl sites for hydroxylation is 2. The number of nitrogens with zero attached hydrogens (tertiary/aromatic N) is 1. The molecular formula is C26H21ClN2O4. The Kier molecular flexibility index (Phi) is 5.30. The van der Waals surface area contributed by atoms with E-state index in [2.05, 4.69) is 5.32 Å². The van der Waals surface area contributed by atoms with E-state index in [1.54, 1.807) is 36.4 Å². The van der Waals surface area contributed by atoms with Crippen molar-refractivity contribution in [3.05, 3.63) is 88.1 Å². The number of hydrogen-bond donors (Lipinski definition) is 1. The van der Waals surface area contributed by atoms with Crippen LogP contribution in [0.5, 0.6) is 11.5 Å². The summed E-state index contributed by atoms with van der Waals surface area (Å²) in [6, 6.07) is 18.0. The third-order valence-corrected chi connectivity index (χ3v) is 5.88. The summed E-state index contributed by atoms with van der Waals surface area (Å²) in [5, 5.41) is 3.61. The van der Waals surface area contributed by atoms with E-state index in [0.717, 1.165) is 11.1 Å². The van der Waals surface area contributed by atoms with Crippen molar-refractivity contribution in [1.82, 2.24) is 0 Å². The summed E-state index contributed by atoms with van der Waals surface area (Å²) in [6.45, 7) is 4.75. The van der Waals surface area contributed by atoms with Gasteiger partial charge in [-0.05, 0) is 49.2 Å². The van der Waals surface area contributed by atoms with Crippen LogP contribution < -0.4 is 19.7 Å². The predicted molar refractivity (Wildman–Crippen MR) is 128 cm³/mol. The van der Waals surface area contributed by atoms with E-state index < -0.39 is 11.8 Å². The fraction of sp³-hybridized carbons (Fsp3) is 0.154. The highest BCUT2D eigenvalue weighted by atomic mass is 35.5. The molecule has 0 atom stereocenters. The van der Waals surface area contributed by atoms with Gasteiger partial charge in [-0.25, -0.2) is 4.90 Å². The number of amides is 2. The molecule has 0 saturated carbocycles. The maximum Gasteiger partial charge on any atom is 0.282 e. The van der Waals surface area contributed by atoms with E-state index in [9.17, 15) is 9.59 Å². The molecule has 2 aliphatic rings. The van der Waals surface area contributed by atoms with Crippen molar-refractivity contribution < 1.29 is 19.1 Å². The molecular weight excluding hydrogens is 440 g/mol. The number of hydrogen-bond acceptors (Lipinski definition) is 5. The van der Waals surface area contributed by atoms with Crippen LogP contribution in [-0.4, -0.2) is 25.0 Å². The van der Waals surface area contributed by atoms with Gasteiger partial charge in [-0.15, -0.1) is 0 Å². The number of fused-ring (bicyclic) bond motifs is 1. The highest BCUT2D eigenvalue weighted by Gasteiger charge is 2.41. The van der Waals surface area contributed by atoms with Crippen LogP contribution in [0.4, 0.5) is 11.4 Å².